The number of nitrogens with zero attached hydrogens (tertiary/aromatic N) is 2. The first-order valence-electron chi connectivity index (χ1n) is 10.4. The number of fused-ring (bicyclic) bond motifs is 1. The molecule has 1 aromatic carbocycles. The second-order valence-corrected chi connectivity index (χ2v) is 10.3. The number of hydrogen-bond donors (Lipinski definition) is 1. The molecule has 0 aliphatic rings. The lowest BCUT2D eigenvalue weighted by molar-refractivity contribution is -0.123. The molecule has 2 heterocycles. The third-order valence-electron chi connectivity index (χ3n) is 5.75. The van der Waals surface area contributed by atoms with Gasteiger partial charge in [-0.1, -0.05) is 6.07 Å². The average Bonchev–Trinajstić information content (AvgIpc) is 2.79. The van der Waals surface area contributed by atoms with Gasteiger partial charge in [0.1, 0.15) is 10.6 Å². The fourth-order valence-corrected chi connectivity index (χ4v) is 4.44. The number of hydrogen-bond acceptors (Lipinski definition) is 6. The van der Waals surface area contributed by atoms with Gasteiger partial charge in [0, 0.05) is 49.3 Å². The van der Waals surface area contributed by atoms with Crippen molar-refractivity contribution in [1.29, 1.82) is 0 Å². The highest BCUT2D eigenvalue weighted by Gasteiger charge is 2.42. The summed E-state index contributed by atoms with van der Waals surface area (Å²) in [5.74, 6) is -0.840. The first-order chi connectivity index (χ1) is 15.5. The second-order valence-electron chi connectivity index (χ2n) is 7.89. The summed E-state index contributed by atoms with van der Waals surface area (Å²) in [5.41, 5.74) is 0.937. The number of amides is 1. The predicted octanol–water partition coefficient (Wildman–Crippen LogP) is 2.54. The highest BCUT2D eigenvalue weighted by Crippen LogP contribution is 2.26. The van der Waals surface area contributed by atoms with Crippen LogP contribution in [0.2, 0.25) is 0 Å². The van der Waals surface area contributed by atoms with Crippen LogP contribution in [0.5, 0.6) is 5.88 Å². The largest absolute Gasteiger partial charge is 0.478 e. The van der Waals surface area contributed by atoms with Crippen molar-refractivity contribution in [3.8, 4) is 17.0 Å². The molecule has 0 saturated carbocycles. The Morgan fingerprint density at radius 1 is 1.21 bits per heavy atom. The normalized spacial score (nSPS) is 13.5. The monoisotopic (exact) mass is 475 g/mol. The van der Waals surface area contributed by atoms with E-state index in [1.54, 1.807) is 30.5 Å². The number of rotatable bonds is 8. The zero-order valence-electron chi connectivity index (χ0n) is 18.9. The summed E-state index contributed by atoms with van der Waals surface area (Å²) in [6, 6.07) is 8.29. The predicted molar refractivity (Wildman–Crippen MR) is 124 cm³/mol. The smallest absolute Gasteiger partial charge is 0.258 e. The Hall–Kier alpha value is -3.27. The van der Waals surface area contributed by atoms with Gasteiger partial charge in [-0.05, 0) is 44.0 Å². The van der Waals surface area contributed by atoms with E-state index in [2.05, 4.69) is 10.3 Å². The number of carbonyl (C=O) groups excluding carboxylic acids is 1. The van der Waals surface area contributed by atoms with Crippen LogP contribution < -0.4 is 15.6 Å². The maximum atomic E-state index is 15.0. The number of halogens is 1. The molecule has 0 aliphatic carbocycles. The molecule has 3 aromatic rings. The average molecular weight is 476 g/mol. The van der Waals surface area contributed by atoms with Crippen LogP contribution in [0.3, 0.4) is 0 Å². The highest BCUT2D eigenvalue weighted by atomic mass is 32.2. The molecule has 0 spiro atoms. The van der Waals surface area contributed by atoms with Crippen molar-refractivity contribution in [2.75, 3.05) is 19.9 Å². The van der Waals surface area contributed by atoms with Crippen molar-refractivity contribution >= 4 is 26.5 Å². The number of nitrogens with one attached hydrogen (secondary N) is 1. The zero-order valence-corrected chi connectivity index (χ0v) is 19.7. The van der Waals surface area contributed by atoms with E-state index in [1.807, 2.05) is 6.92 Å². The van der Waals surface area contributed by atoms with Gasteiger partial charge in [0.15, 0.2) is 9.84 Å². The molecule has 176 valence electrons. The molecular formula is C23H26FN3O5S. The van der Waals surface area contributed by atoms with Gasteiger partial charge in [-0.15, -0.1) is 0 Å². The summed E-state index contributed by atoms with van der Waals surface area (Å²) >= 11 is 0. The SMILES string of the molecule is CCOc1ccc(-c2ccc3c(=O)n(CC[C@](C)(C(=O)NC)S(C)(=O)=O)cc(F)c3c2)cn1. The van der Waals surface area contributed by atoms with Gasteiger partial charge in [-0.25, -0.2) is 17.8 Å². The Labute approximate surface area is 191 Å². The number of benzene rings is 1. The van der Waals surface area contributed by atoms with Crippen LogP contribution in [0.4, 0.5) is 4.39 Å². The van der Waals surface area contributed by atoms with Gasteiger partial charge in [-0.3, -0.25) is 9.59 Å². The van der Waals surface area contributed by atoms with E-state index in [4.69, 9.17) is 4.74 Å². The van der Waals surface area contributed by atoms with Crippen LogP contribution in [0, 0.1) is 5.82 Å². The van der Waals surface area contributed by atoms with Crippen molar-refractivity contribution in [3.05, 3.63) is 58.9 Å². The maximum absolute atomic E-state index is 15.0. The van der Waals surface area contributed by atoms with E-state index < -0.39 is 31.9 Å². The van der Waals surface area contributed by atoms with E-state index in [9.17, 15) is 22.4 Å². The molecule has 1 amide bonds. The van der Waals surface area contributed by atoms with Crippen LogP contribution in [-0.2, 0) is 21.2 Å². The van der Waals surface area contributed by atoms with Crippen molar-refractivity contribution in [3.63, 3.8) is 0 Å². The molecule has 2 aromatic heterocycles. The minimum Gasteiger partial charge on any atom is -0.478 e. The summed E-state index contributed by atoms with van der Waals surface area (Å²) in [6.45, 7) is 3.49. The quantitative estimate of drug-likeness (QED) is 0.537. The standard InChI is InChI=1S/C23H26FN3O5S/c1-5-32-20-9-7-16(13-26-20)15-6-8-17-18(12-15)19(24)14-27(21(17)28)11-10-23(2,22(29)25-3)33(4,30)31/h6-9,12-14H,5,10-11H2,1-4H3,(H,25,29)/t23-/m1/s1. The molecule has 0 bridgehead atoms. The van der Waals surface area contributed by atoms with E-state index in [1.165, 1.54) is 20.0 Å². The van der Waals surface area contributed by atoms with Crippen LogP contribution in [0.25, 0.3) is 21.9 Å². The van der Waals surface area contributed by atoms with Crippen molar-refractivity contribution in [2.45, 2.75) is 31.6 Å². The molecule has 0 saturated heterocycles. The van der Waals surface area contributed by atoms with Gasteiger partial charge in [-0.2, -0.15) is 0 Å². The molecule has 0 unspecified atom stereocenters. The van der Waals surface area contributed by atoms with E-state index in [-0.39, 0.29) is 23.7 Å². The first-order valence-corrected chi connectivity index (χ1v) is 12.2. The number of aromatic nitrogens is 2. The molecule has 8 nitrogen and oxygen atoms in total. The van der Waals surface area contributed by atoms with Gasteiger partial charge in [0.25, 0.3) is 5.56 Å². The number of carbonyl (C=O) groups is 1. The maximum Gasteiger partial charge on any atom is 0.258 e. The minimum absolute atomic E-state index is 0.139. The highest BCUT2D eigenvalue weighted by molar-refractivity contribution is 7.92. The molecule has 1 atom stereocenters. The molecular weight excluding hydrogens is 449 g/mol. The van der Waals surface area contributed by atoms with Crippen LogP contribution in [0.15, 0.2) is 47.5 Å². The van der Waals surface area contributed by atoms with Crippen molar-refractivity contribution < 1.29 is 22.3 Å². The number of aryl methyl sites for hydroxylation is 1. The molecule has 0 radical (unpaired) electrons. The number of sulfone groups is 1. The van der Waals surface area contributed by atoms with Gasteiger partial charge in [0.05, 0.1) is 12.0 Å². The second kappa shape index (κ2) is 9.30. The third-order valence-corrected chi connectivity index (χ3v) is 7.78. The van der Waals surface area contributed by atoms with E-state index in [0.29, 0.717) is 18.1 Å². The summed E-state index contributed by atoms with van der Waals surface area (Å²) in [4.78, 5) is 29.4. The van der Waals surface area contributed by atoms with Gasteiger partial charge in [0.2, 0.25) is 11.8 Å². The minimum atomic E-state index is -3.79. The Bertz CT molecular complexity index is 1350. The fraction of sp³-hybridized carbons (Fsp3) is 0.348. The number of pyridine rings is 2. The van der Waals surface area contributed by atoms with E-state index >= 15 is 0 Å². The van der Waals surface area contributed by atoms with Crippen molar-refractivity contribution in [2.24, 2.45) is 0 Å². The molecule has 1 N–H and O–H groups in total. The molecule has 0 aliphatic heterocycles. The summed E-state index contributed by atoms with van der Waals surface area (Å²) < 4.78 is 44.1. The summed E-state index contributed by atoms with van der Waals surface area (Å²) in [7, 11) is -2.45. The molecule has 33 heavy (non-hydrogen) atoms. The Morgan fingerprint density at radius 2 is 1.91 bits per heavy atom. The first kappa shape index (κ1) is 24.4. The third kappa shape index (κ3) is 4.75. The van der Waals surface area contributed by atoms with Gasteiger partial charge < -0.3 is 14.6 Å². The lowest BCUT2D eigenvalue weighted by Crippen LogP contribution is -2.49. The Balaban J connectivity index is 1.97. The van der Waals surface area contributed by atoms with Crippen LogP contribution >= 0.6 is 0 Å². The zero-order chi connectivity index (χ0) is 24.4. The number of ether oxygens (including phenoxy) is 1. The van der Waals surface area contributed by atoms with Crippen molar-refractivity contribution in [1.82, 2.24) is 14.9 Å². The Morgan fingerprint density at radius 3 is 2.48 bits per heavy atom. The lowest BCUT2D eigenvalue weighted by atomic mass is 10.0. The molecule has 3 rings (SSSR count). The summed E-state index contributed by atoms with van der Waals surface area (Å²) in [5, 5.41) is 2.63. The lowest BCUT2D eigenvalue weighted by Gasteiger charge is -2.26. The van der Waals surface area contributed by atoms with Crippen LogP contribution in [0.1, 0.15) is 20.3 Å². The summed E-state index contributed by atoms with van der Waals surface area (Å²) in [6.07, 6.45) is 3.42. The Kier molecular flexibility index (Phi) is 6.87. The molecule has 10 heteroatoms. The molecule has 0 fully saturated rings. The topological polar surface area (TPSA) is 107 Å². The fourth-order valence-electron chi connectivity index (χ4n) is 3.54. The van der Waals surface area contributed by atoms with Gasteiger partial charge >= 0.3 is 0 Å². The van der Waals surface area contributed by atoms with E-state index in [0.717, 1.165) is 22.6 Å². The van der Waals surface area contributed by atoms with Crippen LogP contribution in [-0.4, -0.2) is 48.5 Å².